The van der Waals surface area contributed by atoms with Gasteiger partial charge in [-0.2, -0.15) is 0 Å². The molecule has 0 saturated heterocycles. The van der Waals surface area contributed by atoms with Gasteiger partial charge in [0, 0.05) is 18.0 Å². The topological polar surface area (TPSA) is 12.0 Å². The van der Waals surface area contributed by atoms with Crippen LogP contribution in [-0.4, -0.2) is 7.05 Å². The highest BCUT2D eigenvalue weighted by molar-refractivity contribution is 5.38. The predicted octanol–water partition coefficient (Wildman–Crippen LogP) is 3.96. The van der Waals surface area contributed by atoms with Crippen molar-refractivity contribution in [2.75, 3.05) is 7.05 Å². The van der Waals surface area contributed by atoms with E-state index in [0.29, 0.717) is 5.56 Å². The first-order chi connectivity index (χ1) is 9.69. The van der Waals surface area contributed by atoms with Crippen molar-refractivity contribution in [1.29, 1.82) is 0 Å². The Morgan fingerprint density at radius 1 is 1.10 bits per heavy atom. The van der Waals surface area contributed by atoms with Gasteiger partial charge in [0.15, 0.2) is 0 Å². The fourth-order valence-corrected chi connectivity index (χ4v) is 3.29. The first-order valence-electron chi connectivity index (χ1n) is 6.90. The zero-order chi connectivity index (χ0) is 14.1. The molecule has 104 valence electrons. The quantitative estimate of drug-likeness (QED) is 0.892. The molecular formula is C17H17F2N. The third-order valence-corrected chi connectivity index (χ3v) is 4.14. The van der Waals surface area contributed by atoms with Gasteiger partial charge in [0.1, 0.15) is 11.6 Å². The third kappa shape index (κ3) is 2.34. The maximum Gasteiger partial charge on any atom is 0.126 e. The van der Waals surface area contributed by atoms with E-state index in [0.717, 1.165) is 18.9 Å². The Kier molecular flexibility index (Phi) is 3.53. The fraction of sp³-hybridized carbons (Fsp3) is 0.294. The largest absolute Gasteiger partial charge is 0.312 e. The molecular weight excluding hydrogens is 256 g/mol. The van der Waals surface area contributed by atoms with E-state index in [1.807, 2.05) is 19.2 Å². The molecule has 2 atom stereocenters. The molecule has 20 heavy (non-hydrogen) atoms. The molecule has 1 nitrogen and oxygen atoms in total. The van der Waals surface area contributed by atoms with Gasteiger partial charge in [0.25, 0.3) is 0 Å². The highest BCUT2D eigenvalue weighted by Crippen LogP contribution is 2.41. The Hall–Kier alpha value is -1.74. The van der Waals surface area contributed by atoms with Crippen LogP contribution in [0.15, 0.2) is 42.5 Å². The summed E-state index contributed by atoms with van der Waals surface area (Å²) in [4.78, 5) is 0. The lowest BCUT2D eigenvalue weighted by molar-refractivity contribution is 0.469. The van der Waals surface area contributed by atoms with Crippen LogP contribution in [0.25, 0.3) is 0 Å². The molecule has 0 radical (unpaired) electrons. The van der Waals surface area contributed by atoms with Crippen molar-refractivity contribution in [2.24, 2.45) is 0 Å². The van der Waals surface area contributed by atoms with E-state index < -0.39 is 11.6 Å². The first kappa shape index (κ1) is 13.3. The lowest BCUT2D eigenvalue weighted by Crippen LogP contribution is -2.23. The Balaban J connectivity index is 1.99. The molecule has 1 aliphatic rings. The van der Waals surface area contributed by atoms with Crippen LogP contribution in [0.4, 0.5) is 8.78 Å². The monoisotopic (exact) mass is 273 g/mol. The number of hydrogen-bond donors (Lipinski definition) is 1. The zero-order valence-corrected chi connectivity index (χ0v) is 11.4. The van der Waals surface area contributed by atoms with Crippen LogP contribution in [0.2, 0.25) is 0 Å². The van der Waals surface area contributed by atoms with Crippen LogP contribution in [-0.2, 0) is 6.42 Å². The number of fused-ring (bicyclic) bond motifs is 1. The Morgan fingerprint density at radius 2 is 1.80 bits per heavy atom. The molecule has 3 rings (SSSR count). The number of hydrogen-bond acceptors (Lipinski definition) is 1. The average Bonchev–Trinajstić information content (AvgIpc) is 2.83. The summed E-state index contributed by atoms with van der Waals surface area (Å²) >= 11 is 0. The molecule has 1 aliphatic carbocycles. The molecule has 0 aromatic heterocycles. The van der Waals surface area contributed by atoms with Gasteiger partial charge < -0.3 is 5.32 Å². The zero-order valence-electron chi connectivity index (χ0n) is 11.4. The molecule has 0 saturated carbocycles. The molecule has 3 heteroatoms. The van der Waals surface area contributed by atoms with Crippen LogP contribution in [0.1, 0.15) is 35.1 Å². The molecule has 0 aliphatic heterocycles. The second kappa shape index (κ2) is 5.33. The molecule has 2 aromatic carbocycles. The lowest BCUT2D eigenvalue weighted by atomic mass is 9.88. The van der Waals surface area contributed by atoms with E-state index in [2.05, 4.69) is 17.4 Å². The summed E-state index contributed by atoms with van der Waals surface area (Å²) in [6.45, 7) is 0. The van der Waals surface area contributed by atoms with Crippen molar-refractivity contribution in [1.82, 2.24) is 5.32 Å². The van der Waals surface area contributed by atoms with E-state index in [4.69, 9.17) is 0 Å². The van der Waals surface area contributed by atoms with Gasteiger partial charge in [-0.05, 0) is 48.7 Å². The van der Waals surface area contributed by atoms with Gasteiger partial charge in [0.2, 0.25) is 0 Å². The van der Waals surface area contributed by atoms with E-state index >= 15 is 0 Å². The summed E-state index contributed by atoms with van der Waals surface area (Å²) in [5.41, 5.74) is 3.30. The number of aryl methyl sites for hydroxylation is 1. The number of benzene rings is 2. The van der Waals surface area contributed by atoms with Gasteiger partial charge in [-0.15, -0.1) is 0 Å². The van der Waals surface area contributed by atoms with Gasteiger partial charge in [-0.25, -0.2) is 8.78 Å². The van der Waals surface area contributed by atoms with Gasteiger partial charge in [0.05, 0.1) is 0 Å². The molecule has 2 unspecified atom stereocenters. The SMILES string of the molecule is CNC(c1cc(F)cc(F)c1)C1CCc2ccccc21. The van der Waals surface area contributed by atoms with Crippen LogP contribution in [0.5, 0.6) is 0 Å². The van der Waals surface area contributed by atoms with Gasteiger partial charge >= 0.3 is 0 Å². The highest BCUT2D eigenvalue weighted by Gasteiger charge is 2.30. The minimum Gasteiger partial charge on any atom is -0.312 e. The van der Waals surface area contributed by atoms with Crippen LogP contribution >= 0.6 is 0 Å². The molecule has 0 bridgehead atoms. The molecule has 0 spiro atoms. The number of halogens is 2. The smallest absolute Gasteiger partial charge is 0.126 e. The van der Waals surface area contributed by atoms with Crippen LogP contribution in [0, 0.1) is 11.6 Å². The van der Waals surface area contributed by atoms with E-state index in [1.54, 1.807) is 0 Å². The molecule has 2 aromatic rings. The van der Waals surface area contributed by atoms with Crippen LogP contribution < -0.4 is 5.32 Å². The van der Waals surface area contributed by atoms with Crippen LogP contribution in [0.3, 0.4) is 0 Å². The minimum absolute atomic E-state index is 0.0659. The van der Waals surface area contributed by atoms with Crippen molar-refractivity contribution in [2.45, 2.75) is 24.8 Å². The maximum atomic E-state index is 13.4. The average molecular weight is 273 g/mol. The Morgan fingerprint density at radius 3 is 2.50 bits per heavy atom. The molecule has 0 fully saturated rings. The highest BCUT2D eigenvalue weighted by atomic mass is 19.1. The van der Waals surface area contributed by atoms with E-state index in [-0.39, 0.29) is 12.0 Å². The summed E-state index contributed by atoms with van der Waals surface area (Å²) < 4.78 is 26.9. The normalized spacial score (nSPS) is 18.9. The van der Waals surface area contributed by atoms with E-state index in [1.165, 1.54) is 23.3 Å². The van der Waals surface area contributed by atoms with Gasteiger partial charge in [-0.3, -0.25) is 0 Å². The molecule has 1 N–H and O–H groups in total. The standard InChI is InChI=1S/C17H17F2N/c1-20-17(12-8-13(18)10-14(19)9-12)16-7-6-11-4-2-3-5-15(11)16/h2-5,8-10,16-17,20H,6-7H2,1H3. The van der Waals surface area contributed by atoms with Gasteiger partial charge in [-0.1, -0.05) is 24.3 Å². The fourth-order valence-electron chi connectivity index (χ4n) is 3.29. The second-order valence-corrected chi connectivity index (χ2v) is 5.31. The van der Waals surface area contributed by atoms with Crippen molar-refractivity contribution in [3.8, 4) is 0 Å². The first-order valence-corrected chi connectivity index (χ1v) is 6.90. The van der Waals surface area contributed by atoms with Crippen molar-refractivity contribution in [3.63, 3.8) is 0 Å². The van der Waals surface area contributed by atoms with Crippen molar-refractivity contribution in [3.05, 3.63) is 70.8 Å². The minimum atomic E-state index is -0.522. The predicted molar refractivity (Wildman–Crippen MR) is 75.7 cm³/mol. The third-order valence-electron chi connectivity index (χ3n) is 4.14. The number of likely N-dealkylation sites (N-methyl/N-ethyl adjacent to an activating group) is 1. The molecule has 0 heterocycles. The Labute approximate surface area is 117 Å². The summed E-state index contributed by atoms with van der Waals surface area (Å²) in [6.07, 6.45) is 2.03. The van der Waals surface area contributed by atoms with E-state index in [9.17, 15) is 8.78 Å². The van der Waals surface area contributed by atoms with Crippen molar-refractivity contribution < 1.29 is 8.78 Å². The van der Waals surface area contributed by atoms with Crippen molar-refractivity contribution >= 4 is 0 Å². The number of rotatable bonds is 3. The second-order valence-electron chi connectivity index (χ2n) is 5.31. The number of nitrogens with one attached hydrogen (secondary N) is 1. The summed E-state index contributed by atoms with van der Waals surface area (Å²) in [5.74, 6) is -0.782. The summed E-state index contributed by atoms with van der Waals surface area (Å²) in [7, 11) is 1.84. The lowest BCUT2D eigenvalue weighted by Gasteiger charge is -2.24. The Bertz CT molecular complexity index is 604. The molecule has 0 amide bonds. The maximum absolute atomic E-state index is 13.4. The summed E-state index contributed by atoms with van der Waals surface area (Å²) in [6, 6.07) is 12.0. The summed E-state index contributed by atoms with van der Waals surface area (Å²) in [5, 5.41) is 3.22.